The van der Waals surface area contributed by atoms with E-state index in [2.05, 4.69) is 111 Å². The van der Waals surface area contributed by atoms with Crippen LogP contribution in [0.25, 0.3) is 0 Å². The van der Waals surface area contributed by atoms with Crippen LogP contribution in [-0.4, -0.2) is 41.7 Å². The SMILES string of the molecule is Cc1c2c(c(C)c3c1NC(C)(C)C3)OC(C)(CN1CCC(NC(c3ccccc3)c3ccccc3)CC1)C2.Cl. The molecule has 5 heteroatoms. The highest BCUT2D eigenvalue weighted by atomic mass is 35.5. The Morgan fingerprint density at radius 2 is 1.46 bits per heavy atom. The Labute approximate surface area is 240 Å². The molecule has 39 heavy (non-hydrogen) atoms. The zero-order chi connectivity index (χ0) is 26.5. The number of ether oxygens (including phenoxy) is 1. The van der Waals surface area contributed by atoms with Crippen molar-refractivity contribution < 1.29 is 4.74 Å². The topological polar surface area (TPSA) is 36.5 Å². The highest BCUT2D eigenvalue weighted by Crippen LogP contribution is 2.48. The molecule has 3 aliphatic rings. The van der Waals surface area contributed by atoms with E-state index in [0.29, 0.717) is 6.04 Å². The Kier molecular flexibility index (Phi) is 7.76. The highest BCUT2D eigenvalue weighted by Gasteiger charge is 2.42. The summed E-state index contributed by atoms with van der Waals surface area (Å²) in [6, 6.07) is 22.5. The van der Waals surface area contributed by atoms with Crippen LogP contribution in [0.2, 0.25) is 0 Å². The number of fused-ring (bicyclic) bond motifs is 2. The highest BCUT2D eigenvalue weighted by molar-refractivity contribution is 5.85. The van der Waals surface area contributed by atoms with Gasteiger partial charge < -0.3 is 15.4 Å². The van der Waals surface area contributed by atoms with Crippen LogP contribution in [0.3, 0.4) is 0 Å². The molecule has 0 saturated carbocycles. The number of nitrogens with one attached hydrogen (secondary N) is 2. The minimum atomic E-state index is -0.167. The summed E-state index contributed by atoms with van der Waals surface area (Å²) in [6.07, 6.45) is 4.37. The average molecular weight is 546 g/mol. The predicted molar refractivity (Wildman–Crippen MR) is 165 cm³/mol. The van der Waals surface area contributed by atoms with Gasteiger partial charge in [-0.25, -0.2) is 0 Å². The summed E-state index contributed by atoms with van der Waals surface area (Å²) in [5.74, 6) is 1.16. The van der Waals surface area contributed by atoms with E-state index in [1.54, 1.807) is 0 Å². The number of halogens is 1. The molecule has 1 unspecified atom stereocenters. The molecule has 1 fully saturated rings. The lowest BCUT2D eigenvalue weighted by atomic mass is 9.90. The van der Waals surface area contributed by atoms with Crippen molar-refractivity contribution in [3.8, 4) is 5.75 Å². The van der Waals surface area contributed by atoms with Crippen LogP contribution in [0.5, 0.6) is 5.75 Å². The van der Waals surface area contributed by atoms with E-state index in [4.69, 9.17) is 4.74 Å². The van der Waals surface area contributed by atoms with E-state index in [0.717, 1.165) is 51.1 Å². The second-order valence-electron chi connectivity index (χ2n) is 12.8. The zero-order valence-corrected chi connectivity index (χ0v) is 25.0. The van der Waals surface area contributed by atoms with Crippen molar-refractivity contribution in [3.05, 3.63) is 94.0 Å². The van der Waals surface area contributed by atoms with Crippen molar-refractivity contribution in [3.63, 3.8) is 0 Å². The Balaban J connectivity index is 0.00000308. The van der Waals surface area contributed by atoms with Crippen molar-refractivity contribution in [2.24, 2.45) is 0 Å². The minimum Gasteiger partial charge on any atom is -0.485 e. The Bertz CT molecular complexity index is 1220. The van der Waals surface area contributed by atoms with Gasteiger partial charge in [0.1, 0.15) is 11.4 Å². The van der Waals surface area contributed by atoms with Crippen molar-refractivity contribution in [2.75, 3.05) is 25.0 Å². The molecule has 0 bridgehead atoms. The summed E-state index contributed by atoms with van der Waals surface area (Å²) in [6.45, 7) is 14.6. The molecule has 0 spiro atoms. The molecule has 4 nitrogen and oxygen atoms in total. The van der Waals surface area contributed by atoms with Gasteiger partial charge in [-0.05, 0) is 94.8 Å². The number of hydrogen-bond acceptors (Lipinski definition) is 4. The van der Waals surface area contributed by atoms with Crippen LogP contribution < -0.4 is 15.4 Å². The standard InChI is InChI=1S/C34H43N3O.ClH/c1-23-29-21-34(5,38-32(29)24(2)28-20-33(3,4)36-30(23)28)22-37-18-16-27(17-19-37)35-31(25-12-8-6-9-13-25)26-14-10-7-11-15-26;/h6-15,27,31,35-36H,16-22H2,1-5H3;1H. The van der Waals surface area contributed by atoms with Gasteiger partial charge in [0.05, 0.1) is 6.04 Å². The van der Waals surface area contributed by atoms with Gasteiger partial charge >= 0.3 is 0 Å². The monoisotopic (exact) mass is 545 g/mol. The molecule has 3 aliphatic heterocycles. The first-order valence-corrected chi connectivity index (χ1v) is 14.4. The van der Waals surface area contributed by atoms with E-state index in [1.165, 1.54) is 39.1 Å². The molecule has 2 N–H and O–H groups in total. The zero-order valence-electron chi connectivity index (χ0n) is 24.1. The molecular weight excluding hydrogens is 502 g/mol. The first-order valence-electron chi connectivity index (χ1n) is 14.4. The number of piperidine rings is 1. The van der Waals surface area contributed by atoms with Gasteiger partial charge in [-0.15, -0.1) is 12.4 Å². The Morgan fingerprint density at radius 3 is 2.05 bits per heavy atom. The molecule has 6 rings (SSSR count). The second-order valence-corrected chi connectivity index (χ2v) is 12.8. The van der Waals surface area contributed by atoms with E-state index >= 15 is 0 Å². The minimum absolute atomic E-state index is 0. The first-order chi connectivity index (χ1) is 18.2. The van der Waals surface area contributed by atoms with Gasteiger partial charge in [0.25, 0.3) is 0 Å². The summed E-state index contributed by atoms with van der Waals surface area (Å²) >= 11 is 0. The van der Waals surface area contributed by atoms with Crippen LogP contribution >= 0.6 is 12.4 Å². The molecule has 0 amide bonds. The Morgan fingerprint density at radius 1 is 0.872 bits per heavy atom. The number of anilines is 1. The molecule has 0 radical (unpaired) electrons. The summed E-state index contributed by atoms with van der Waals surface area (Å²) in [4.78, 5) is 2.63. The molecule has 208 valence electrons. The fourth-order valence-electron chi connectivity index (χ4n) is 7.05. The molecule has 0 aromatic heterocycles. The van der Waals surface area contributed by atoms with Gasteiger partial charge in [0.15, 0.2) is 0 Å². The molecular formula is C34H44ClN3O. The van der Waals surface area contributed by atoms with Crippen molar-refractivity contribution >= 4 is 18.1 Å². The van der Waals surface area contributed by atoms with Crippen LogP contribution in [0.4, 0.5) is 5.69 Å². The van der Waals surface area contributed by atoms with Crippen LogP contribution in [0, 0.1) is 13.8 Å². The van der Waals surface area contributed by atoms with E-state index < -0.39 is 0 Å². The number of nitrogens with zero attached hydrogens (tertiary/aromatic N) is 1. The lowest BCUT2D eigenvalue weighted by Crippen LogP contribution is -2.50. The van der Waals surface area contributed by atoms with Gasteiger partial charge in [0.2, 0.25) is 0 Å². The maximum Gasteiger partial charge on any atom is 0.127 e. The van der Waals surface area contributed by atoms with E-state index in [1.807, 2.05) is 0 Å². The van der Waals surface area contributed by atoms with Crippen molar-refractivity contribution in [2.45, 2.75) is 83.5 Å². The number of hydrogen-bond donors (Lipinski definition) is 2. The van der Waals surface area contributed by atoms with Gasteiger partial charge in [-0.3, -0.25) is 4.90 Å². The normalized spacial score (nSPS) is 22.1. The third kappa shape index (κ3) is 5.57. The molecule has 3 aromatic carbocycles. The average Bonchev–Trinajstić information content (AvgIpc) is 3.44. The van der Waals surface area contributed by atoms with Gasteiger partial charge in [-0.2, -0.15) is 0 Å². The summed E-state index contributed by atoms with van der Waals surface area (Å²) in [5.41, 5.74) is 9.59. The van der Waals surface area contributed by atoms with E-state index in [-0.39, 0.29) is 29.6 Å². The third-order valence-electron chi connectivity index (χ3n) is 8.99. The Hall–Kier alpha value is -2.53. The lowest BCUT2D eigenvalue weighted by molar-refractivity contribution is 0.0501. The molecule has 3 aromatic rings. The van der Waals surface area contributed by atoms with Crippen LogP contribution in [0.1, 0.15) is 73.0 Å². The number of benzene rings is 3. The summed E-state index contributed by atoms with van der Waals surface area (Å²) < 4.78 is 6.82. The van der Waals surface area contributed by atoms with Gasteiger partial charge in [-0.1, -0.05) is 60.7 Å². The third-order valence-corrected chi connectivity index (χ3v) is 8.99. The first kappa shape index (κ1) is 28.0. The summed E-state index contributed by atoms with van der Waals surface area (Å²) in [7, 11) is 0. The number of likely N-dealkylation sites (tertiary alicyclic amines) is 1. The second kappa shape index (κ2) is 10.8. The van der Waals surface area contributed by atoms with Crippen molar-refractivity contribution in [1.29, 1.82) is 0 Å². The predicted octanol–water partition coefficient (Wildman–Crippen LogP) is 7.01. The fourth-order valence-corrected chi connectivity index (χ4v) is 7.05. The molecule has 0 aliphatic carbocycles. The maximum absolute atomic E-state index is 6.82. The van der Waals surface area contributed by atoms with Crippen LogP contribution in [0.15, 0.2) is 60.7 Å². The molecule has 3 heterocycles. The number of rotatable bonds is 6. The van der Waals surface area contributed by atoms with E-state index in [9.17, 15) is 0 Å². The van der Waals surface area contributed by atoms with Crippen LogP contribution in [-0.2, 0) is 12.8 Å². The largest absolute Gasteiger partial charge is 0.485 e. The fraction of sp³-hybridized carbons (Fsp3) is 0.471. The van der Waals surface area contributed by atoms with Gasteiger partial charge in [0, 0.05) is 35.8 Å². The molecule has 1 saturated heterocycles. The van der Waals surface area contributed by atoms with Crippen molar-refractivity contribution in [1.82, 2.24) is 10.2 Å². The smallest absolute Gasteiger partial charge is 0.127 e. The maximum atomic E-state index is 6.82. The quantitative estimate of drug-likeness (QED) is 0.349. The lowest BCUT2D eigenvalue weighted by Gasteiger charge is -2.38. The molecule has 1 atom stereocenters. The summed E-state index contributed by atoms with van der Waals surface area (Å²) in [5, 5.41) is 7.80.